The van der Waals surface area contributed by atoms with Crippen LogP contribution in [-0.2, 0) is 0 Å². The van der Waals surface area contributed by atoms with Crippen LogP contribution in [0.3, 0.4) is 0 Å². The maximum atomic E-state index is 6.86. The molecule has 0 atom stereocenters. The molecule has 0 unspecified atom stereocenters. The first-order valence-electron chi connectivity index (χ1n) is 18.9. The summed E-state index contributed by atoms with van der Waals surface area (Å²) in [6, 6.07) is 67.1. The molecule has 0 spiro atoms. The van der Waals surface area contributed by atoms with Crippen molar-refractivity contribution in [2.24, 2.45) is 0 Å². The van der Waals surface area contributed by atoms with Crippen molar-refractivity contribution in [3.8, 4) is 22.3 Å². The quantitative estimate of drug-likeness (QED) is 0.176. The van der Waals surface area contributed by atoms with E-state index >= 15 is 0 Å². The van der Waals surface area contributed by atoms with Gasteiger partial charge >= 0.3 is 0 Å². The van der Waals surface area contributed by atoms with Gasteiger partial charge in [0.25, 0.3) is 0 Å². The standard InChI is InChI=1S/C52H31NO2S/c1-2-11-32(12-3-1)35-14-8-15-37(31-35)53(36-26-23-34(24-27-36)39-18-9-19-41-40-17-6-7-21-44(40)54-51(39)41)43-20-10-22-46-49(43)50-47(56-46)30-28-42-48-38-16-5-4-13-33(38)25-29-45(48)55-52(42)50/h1-31H. The van der Waals surface area contributed by atoms with Gasteiger partial charge < -0.3 is 13.7 Å². The van der Waals surface area contributed by atoms with E-state index in [-0.39, 0.29) is 0 Å². The normalized spacial score (nSPS) is 11.9. The highest BCUT2D eigenvalue weighted by Crippen LogP contribution is 2.49. The topological polar surface area (TPSA) is 29.5 Å². The zero-order valence-corrected chi connectivity index (χ0v) is 30.9. The summed E-state index contributed by atoms with van der Waals surface area (Å²) >= 11 is 1.82. The highest BCUT2D eigenvalue weighted by atomic mass is 32.1. The minimum atomic E-state index is 0.902. The summed E-state index contributed by atoms with van der Waals surface area (Å²) in [4.78, 5) is 2.41. The van der Waals surface area contributed by atoms with Crippen molar-refractivity contribution >= 4 is 103 Å². The van der Waals surface area contributed by atoms with Crippen LogP contribution >= 0.6 is 11.3 Å². The summed E-state index contributed by atoms with van der Waals surface area (Å²) in [6.07, 6.45) is 0. The molecule has 0 N–H and O–H groups in total. The molecular formula is C52H31NO2S. The van der Waals surface area contributed by atoms with Gasteiger partial charge in [0.15, 0.2) is 0 Å². The maximum absolute atomic E-state index is 6.86. The number of para-hydroxylation sites is 2. The van der Waals surface area contributed by atoms with Crippen LogP contribution in [0, 0.1) is 0 Å². The SMILES string of the molecule is c1ccc(-c2cccc(N(c3ccc(-c4cccc5c4oc4ccccc45)cc3)c3cccc4sc5ccc6c(oc7ccc8ccccc8c76)c5c34)c2)cc1. The second-order valence-corrected chi connectivity index (χ2v) is 15.5. The Bertz CT molecular complexity index is 3480. The van der Waals surface area contributed by atoms with E-state index in [1.807, 2.05) is 23.5 Å². The monoisotopic (exact) mass is 733 g/mol. The lowest BCUT2D eigenvalue weighted by Gasteiger charge is -2.27. The third-order valence-corrected chi connectivity index (χ3v) is 12.4. The number of hydrogen-bond donors (Lipinski definition) is 0. The van der Waals surface area contributed by atoms with E-state index in [1.165, 1.54) is 36.5 Å². The highest BCUT2D eigenvalue weighted by Gasteiger charge is 2.23. The van der Waals surface area contributed by atoms with Gasteiger partial charge in [-0.05, 0) is 88.1 Å². The highest BCUT2D eigenvalue weighted by molar-refractivity contribution is 7.26. The number of hydrogen-bond acceptors (Lipinski definition) is 4. The van der Waals surface area contributed by atoms with E-state index in [0.717, 1.165) is 77.6 Å². The van der Waals surface area contributed by atoms with Gasteiger partial charge in [-0.1, -0.05) is 127 Å². The molecule has 0 bridgehead atoms. The Hall–Kier alpha value is -7.14. The Kier molecular flexibility index (Phi) is 6.80. The third-order valence-electron chi connectivity index (χ3n) is 11.3. The molecule has 12 aromatic rings. The molecule has 0 aliphatic carbocycles. The Labute approximate surface area is 325 Å². The van der Waals surface area contributed by atoms with Gasteiger partial charge in [-0.3, -0.25) is 0 Å². The van der Waals surface area contributed by atoms with E-state index in [1.54, 1.807) is 0 Å². The Morgan fingerprint density at radius 3 is 2.02 bits per heavy atom. The zero-order valence-electron chi connectivity index (χ0n) is 30.1. The molecule has 4 heteroatoms. The van der Waals surface area contributed by atoms with Crippen molar-refractivity contribution in [3.05, 3.63) is 188 Å². The van der Waals surface area contributed by atoms with Crippen LogP contribution in [0.1, 0.15) is 0 Å². The summed E-state index contributed by atoms with van der Waals surface area (Å²) in [5.41, 5.74) is 11.4. The first kappa shape index (κ1) is 31.2. The molecule has 262 valence electrons. The van der Waals surface area contributed by atoms with Gasteiger partial charge in [-0.2, -0.15) is 0 Å². The second kappa shape index (κ2) is 12.2. The van der Waals surface area contributed by atoms with Gasteiger partial charge in [0.2, 0.25) is 0 Å². The summed E-state index contributed by atoms with van der Waals surface area (Å²) in [6.45, 7) is 0. The van der Waals surface area contributed by atoms with Gasteiger partial charge in [0.05, 0.1) is 5.69 Å². The largest absolute Gasteiger partial charge is 0.455 e. The third kappa shape index (κ3) is 4.70. The van der Waals surface area contributed by atoms with E-state index in [4.69, 9.17) is 8.83 Å². The lowest BCUT2D eigenvalue weighted by atomic mass is 10.0. The number of fused-ring (bicyclic) bond motifs is 12. The molecule has 0 radical (unpaired) electrons. The number of nitrogens with zero attached hydrogens (tertiary/aromatic N) is 1. The molecule has 0 amide bonds. The first-order valence-corrected chi connectivity index (χ1v) is 19.7. The van der Waals surface area contributed by atoms with Gasteiger partial charge in [-0.25, -0.2) is 0 Å². The smallest absolute Gasteiger partial charge is 0.144 e. The predicted octanol–water partition coefficient (Wildman–Crippen LogP) is 15.8. The van der Waals surface area contributed by atoms with Crippen molar-refractivity contribution in [2.45, 2.75) is 0 Å². The summed E-state index contributed by atoms with van der Waals surface area (Å²) < 4.78 is 15.7. The Morgan fingerprint density at radius 1 is 0.375 bits per heavy atom. The van der Waals surface area contributed by atoms with Gasteiger partial charge in [-0.15, -0.1) is 11.3 Å². The average molecular weight is 734 g/mol. The van der Waals surface area contributed by atoms with E-state index in [0.29, 0.717) is 0 Å². The molecule has 9 aromatic carbocycles. The maximum Gasteiger partial charge on any atom is 0.144 e. The van der Waals surface area contributed by atoms with Crippen LogP contribution in [0.5, 0.6) is 0 Å². The zero-order chi connectivity index (χ0) is 36.7. The predicted molar refractivity (Wildman–Crippen MR) is 237 cm³/mol. The molecule has 0 aliphatic rings. The molecule has 56 heavy (non-hydrogen) atoms. The fourth-order valence-corrected chi connectivity index (χ4v) is 9.85. The van der Waals surface area contributed by atoms with Gasteiger partial charge in [0, 0.05) is 58.7 Å². The van der Waals surface area contributed by atoms with Crippen molar-refractivity contribution in [1.82, 2.24) is 0 Å². The van der Waals surface area contributed by atoms with Crippen molar-refractivity contribution in [3.63, 3.8) is 0 Å². The Balaban J connectivity index is 1.10. The molecule has 0 aliphatic heterocycles. The van der Waals surface area contributed by atoms with E-state index < -0.39 is 0 Å². The van der Waals surface area contributed by atoms with Crippen LogP contribution in [0.25, 0.3) is 97.1 Å². The molecule has 12 rings (SSSR count). The molecular weight excluding hydrogens is 703 g/mol. The van der Waals surface area contributed by atoms with Crippen LogP contribution in [0.15, 0.2) is 197 Å². The first-order chi connectivity index (χ1) is 27.8. The Morgan fingerprint density at radius 2 is 1.11 bits per heavy atom. The number of thiophene rings is 1. The van der Waals surface area contributed by atoms with Crippen LogP contribution in [-0.4, -0.2) is 0 Å². The minimum Gasteiger partial charge on any atom is -0.455 e. The molecule has 0 saturated carbocycles. The van der Waals surface area contributed by atoms with Crippen LogP contribution in [0.4, 0.5) is 17.1 Å². The van der Waals surface area contributed by atoms with Crippen molar-refractivity contribution in [2.75, 3.05) is 4.90 Å². The van der Waals surface area contributed by atoms with Crippen molar-refractivity contribution < 1.29 is 8.83 Å². The van der Waals surface area contributed by atoms with Crippen LogP contribution < -0.4 is 4.90 Å². The lowest BCUT2D eigenvalue weighted by Crippen LogP contribution is -2.10. The molecule has 0 fully saturated rings. The molecule has 3 aromatic heterocycles. The molecule has 3 heterocycles. The number of furan rings is 2. The number of rotatable bonds is 5. The molecule has 3 nitrogen and oxygen atoms in total. The lowest BCUT2D eigenvalue weighted by molar-refractivity contribution is 0.670. The second-order valence-electron chi connectivity index (χ2n) is 14.4. The fourth-order valence-electron chi connectivity index (χ4n) is 8.72. The molecule has 0 saturated heterocycles. The van der Waals surface area contributed by atoms with E-state index in [2.05, 4.69) is 181 Å². The summed E-state index contributed by atoms with van der Waals surface area (Å²) in [5.74, 6) is 0. The fraction of sp³-hybridized carbons (Fsp3) is 0. The summed E-state index contributed by atoms with van der Waals surface area (Å²) in [5, 5.41) is 9.32. The summed E-state index contributed by atoms with van der Waals surface area (Å²) in [7, 11) is 0. The average Bonchev–Trinajstić information content (AvgIpc) is 3.96. The minimum absolute atomic E-state index is 0.902. The van der Waals surface area contributed by atoms with Gasteiger partial charge in [0.1, 0.15) is 22.3 Å². The van der Waals surface area contributed by atoms with Crippen LogP contribution in [0.2, 0.25) is 0 Å². The van der Waals surface area contributed by atoms with Crippen molar-refractivity contribution in [1.29, 1.82) is 0 Å². The number of benzene rings is 9. The van der Waals surface area contributed by atoms with E-state index in [9.17, 15) is 0 Å². The number of anilines is 3.